The Kier molecular flexibility index (Phi) is 2.12. The molecule has 1 fully saturated rings. The minimum Gasteiger partial charge on any atom is -0.330 e. The van der Waals surface area contributed by atoms with Gasteiger partial charge in [-0.3, -0.25) is 0 Å². The number of nitrogens with two attached hydrogens (primary N) is 1. The third-order valence-electron chi connectivity index (χ3n) is 3.68. The van der Waals surface area contributed by atoms with Crippen molar-refractivity contribution in [2.75, 3.05) is 6.54 Å². The Morgan fingerprint density at radius 3 is 2.46 bits per heavy atom. The van der Waals surface area contributed by atoms with Gasteiger partial charge < -0.3 is 5.73 Å². The molecule has 13 heavy (non-hydrogen) atoms. The van der Waals surface area contributed by atoms with E-state index in [-0.39, 0.29) is 0 Å². The van der Waals surface area contributed by atoms with Crippen LogP contribution >= 0.6 is 0 Å². The Balaban J connectivity index is 2.33. The van der Waals surface area contributed by atoms with Gasteiger partial charge in [-0.15, -0.1) is 0 Å². The van der Waals surface area contributed by atoms with Crippen LogP contribution in [0.2, 0.25) is 0 Å². The van der Waals surface area contributed by atoms with E-state index >= 15 is 0 Å². The van der Waals surface area contributed by atoms with Gasteiger partial charge in [0.25, 0.3) is 0 Å². The van der Waals surface area contributed by atoms with Crippen LogP contribution in [-0.2, 0) is 5.41 Å². The summed E-state index contributed by atoms with van der Waals surface area (Å²) in [5.74, 6) is 0.750. The van der Waals surface area contributed by atoms with Crippen molar-refractivity contribution < 1.29 is 0 Å². The van der Waals surface area contributed by atoms with Crippen molar-refractivity contribution >= 4 is 0 Å². The zero-order valence-corrected chi connectivity index (χ0v) is 8.16. The molecule has 1 saturated carbocycles. The van der Waals surface area contributed by atoms with Crippen molar-refractivity contribution in [1.29, 1.82) is 0 Å². The fourth-order valence-corrected chi connectivity index (χ4v) is 2.40. The SMILES string of the molecule is CC1CCC1(CN)c1ccccc1. The average Bonchev–Trinajstić information content (AvgIpc) is 2.19. The highest BCUT2D eigenvalue weighted by molar-refractivity contribution is 5.29. The molecule has 1 heteroatoms. The van der Waals surface area contributed by atoms with Crippen LogP contribution in [0.3, 0.4) is 0 Å². The van der Waals surface area contributed by atoms with E-state index in [0.717, 1.165) is 12.5 Å². The van der Waals surface area contributed by atoms with Crippen LogP contribution in [0, 0.1) is 5.92 Å². The molecule has 1 aliphatic rings. The molecule has 2 atom stereocenters. The van der Waals surface area contributed by atoms with Crippen LogP contribution < -0.4 is 5.73 Å². The van der Waals surface area contributed by atoms with E-state index in [1.54, 1.807) is 0 Å². The van der Waals surface area contributed by atoms with E-state index in [1.807, 2.05) is 0 Å². The third kappa shape index (κ3) is 1.19. The Morgan fingerprint density at radius 1 is 1.38 bits per heavy atom. The van der Waals surface area contributed by atoms with Gasteiger partial charge in [-0.2, -0.15) is 0 Å². The van der Waals surface area contributed by atoms with Gasteiger partial charge in [-0.25, -0.2) is 0 Å². The molecule has 0 saturated heterocycles. The lowest BCUT2D eigenvalue weighted by Crippen LogP contribution is -2.48. The molecule has 0 radical (unpaired) electrons. The first-order valence-electron chi connectivity index (χ1n) is 5.05. The van der Waals surface area contributed by atoms with Crippen LogP contribution in [0.1, 0.15) is 25.3 Å². The summed E-state index contributed by atoms with van der Waals surface area (Å²) in [7, 11) is 0. The third-order valence-corrected chi connectivity index (χ3v) is 3.68. The smallest absolute Gasteiger partial charge is 0.0101 e. The van der Waals surface area contributed by atoms with Gasteiger partial charge in [0.2, 0.25) is 0 Å². The van der Waals surface area contributed by atoms with Crippen LogP contribution in [0.4, 0.5) is 0 Å². The highest BCUT2D eigenvalue weighted by Gasteiger charge is 2.43. The summed E-state index contributed by atoms with van der Waals surface area (Å²) in [4.78, 5) is 0. The molecule has 0 heterocycles. The van der Waals surface area contributed by atoms with Gasteiger partial charge in [0.15, 0.2) is 0 Å². The first-order chi connectivity index (χ1) is 6.29. The van der Waals surface area contributed by atoms with Crippen molar-refractivity contribution in [3.8, 4) is 0 Å². The lowest BCUT2D eigenvalue weighted by Gasteiger charge is -2.48. The van der Waals surface area contributed by atoms with Crippen LogP contribution in [0.25, 0.3) is 0 Å². The zero-order chi connectivity index (χ0) is 9.31. The Morgan fingerprint density at radius 2 is 2.08 bits per heavy atom. The standard InChI is InChI=1S/C12H17N/c1-10-7-8-12(10,9-13)11-5-3-2-4-6-11/h2-6,10H,7-9,13H2,1H3. The van der Waals surface area contributed by atoms with E-state index in [4.69, 9.17) is 5.73 Å². The minimum atomic E-state index is 0.293. The van der Waals surface area contributed by atoms with Gasteiger partial charge in [-0.1, -0.05) is 37.3 Å². The molecule has 2 rings (SSSR count). The average molecular weight is 175 g/mol. The second-order valence-corrected chi connectivity index (χ2v) is 4.17. The molecule has 1 nitrogen and oxygen atoms in total. The first kappa shape index (κ1) is 8.76. The quantitative estimate of drug-likeness (QED) is 0.733. The minimum absolute atomic E-state index is 0.293. The largest absolute Gasteiger partial charge is 0.330 e. The van der Waals surface area contributed by atoms with E-state index < -0.39 is 0 Å². The molecule has 1 aromatic carbocycles. The molecule has 2 unspecified atom stereocenters. The molecule has 0 bridgehead atoms. The van der Waals surface area contributed by atoms with E-state index in [0.29, 0.717) is 5.41 Å². The zero-order valence-electron chi connectivity index (χ0n) is 8.16. The normalized spacial score (nSPS) is 32.6. The van der Waals surface area contributed by atoms with E-state index in [1.165, 1.54) is 18.4 Å². The maximum atomic E-state index is 5.89. The second-order valence-electron chi connectivity index (χ2n) is 4.17. The van der Waals surface area contributed by atoms with Gasteiger partial charge in [-0.05, 0) is 24.3 Å². The molecule has 0 aliphatic heterocycles. The molecule has 2 N–H and O–H groups in total. The predicted molar refractivity (Wildman–Crippen MR) is 55.6 cm³/mol. The summed E-state index contributed by atoms with van der Waals surface area (Å²) in [6, 6.07) is 10.7. The summed E-state index contributed by atoms with van der Waals surface area (Å²) in [5.41, 5.74) is 7.61. The molecule has 0 amide bonds. The summed E-state index contributed by atoms with van der Waals surface area (Å²) in [5, 5.41) is 0. The first-order valence-corrected chi connectivity index (χ1v) is 5.05. The maximum Gasteiger partial charge on any atom is 0.0101 e. The molecular formula is C12H17N. The molecule has 0 aromatic heterocycles. The fourth-order valence-electron chi connectivity index (χ4n) is 2.40. The lowest BCUT2D eigenvalue weighted by molar-refractivity contribution is 0.146. The monoisotopic (exact) mass is 175 g/mol. The Hall–Kier alpha value is -0.820. The van der Waals surface area contributed by atoms with Crippen LogP contribution in [-0.4, -0.2) is 6.54 Å². The van der Waals surface area contributed by atoms with Crippen molar-refractivity contribution in [1.82, 2.24) is 0 Å². The number of hydrogen-bond donors (Lipinski definition) is 1. The summed E-state index contributed by atoms with van der Waals surface area (Å²) < 4.78 is 0. The molecule has 1 aliphatic carbocycles. The summed E-state index contributed by atoms with van der Waals surface area (Å²) in [6.07, 6.45) is 2.58. The molecule has 70 valence electrons. The highest BCUT2D eigenvalue weighted by Crippen LogP contribution is 2.47. The van der Waals surface area contributed by atoms with Crippen molar-refractivity contribution in [3.63, 3.8) is 0 Å². The lowest BCUT2D eigenvalue weighted by atomic mass is 9.57. The van der Waals surface area contributed by atoms with Gasteiger partial charge >= 0.3 is 0 Å². The number of hydrogen-bond acceptors (Lipinski definition) is 1. The van der Waals surface area contributed by atoms with E-state index in [9.17, 15) is 0 Å². The van der Waals surface area contributed by atoms with E-state index in [2.05, 4.69) is 37.3 Å². The Labute approximate surface area is 80.0 Å². The molecule has 1 aromatic rings. The van der Waals surface area contributed by atoms with Gasteiger partial charge in [0.1, 0.15) is 0 Å². The highest BCUT2D eigenvalue weighted by atomic mass is 14.6. The number of benzene rings is 1. The molecule has 0 spiro atoms. The summed E-state index contributed by atoms with van der Waals surface area (Å²) >= 11 is 0. The van der Waals surface area contributed by atoms with Crippen molar-refractivity contribution in [2.24, 2.45) is 11.7 Å². The Bertz CT molecular complexity index is 276. The van der Waals surface area contributed by atoms with Crippen molar-refractivity contribution in [3.05, 3.63) is 35.9 Å². The van der Waals surface area contributed by atoms with Crippen LogP contribution in [0.5, 0.6) is 0 Å². The number of rotatable bonds is 2. The van der Waals surface area contributed by atoms with Crippen LogP contribution in [0.15, 0.2) is 30.3 Å². The fraction of sp³-hybridized carbons (Fsp3) is 0.500. The second kappa shape index (κ2) is 3.15. The molecular weight excluding hydrogens is 158 g/mol. The summed E-state index contributed by atoms with van der Waals surface area (Å²) in [6.45, 7) is 3.10. The topological polar surface area (TPSA) is 26.0 Å². The van der Waals surface area contributed by atoms with Gasteiger partial charge in [0, 0.05) is 12.0 Å². The van der Waals surface area contributed by atoms with Gasteiger partial charge in [0.05, 0.1) is 0 Å². The van der Waals surface area contributed by atoms with Crippen molar-refractivity contribution in [2.45, 2.75) is 25.2 Å². The maximum absolute atomic E-state index is 5.89. The predicted octanol–water partition coefficient (Wildman–Crippen LogP) is 2.31.